The SMILES string of the molecule is COC(=O)N1CCCCC1C(=O)N1CCC(CCn2cccn2)CC1. The molecule has 7 heteroatoms. The number of carbonyl (C=O) groups excluding carboxylic acids is 2. The largest absolute Gasteiger partial charge is 0.453 e. The van der Waals surface area contributed by atoms with Crippen LogP contribution in [0, 0.1) is 5.92 Å². The van der Waals surface area contributed by atoms with E-state index in [0.29, 0.717) is 12.5 Å². The Hall–Kier alpha value is -2.05. The first-order chi connectivity index (χ1) is 12.2. The highest BCUT2D eigenvalue weighted by Gasteiger charge is 2.36. The topological polar surface area (TPSA) is 67.7 Å². The molecule has 3 rings (SSSR count). The van der Waals surface area contributed by atoms with Crippen LogP contribution in [0.4, 0.5) is 4.79 Å². The van der Waals surface area contributed by atoms with Crippen LogP contribution in [-0.4, -0.2) is 64.4 Å². The Labute approximate surface area is 148 Å². The van der Waals surface area contributed by atoms with E-state index in [1.807, 2.05) is 21.8 Å². The van der Waals surface area contributed by atoms with Crippen LogP contribution in [0.5, 0.6) is 0 Å². The second-order valence-corrected chi connectivity index (χ2v) is 7.00. The third-order valence-electron chi connectivity index (χ3n) is 5.45. The zero-order valence-electron chi connectivity index (χ0n) is 15.0. The number of methoxy groups -OCH3 is 1. The smallest absolute Gasteiger partial charge is 0.410 e. The molecule has 25 heavy (non-hydrogen) atoms. The van der Waals surface area contributed by atoms with E-state index in [2.05, 4.69) is 5.10 Å². The molecule has 2 aliphatic rings. The van der Waals surface area contributed by atoms with Crippen LogP contribution in [0.1, 0.15) is 38.5 Å². The van der Waals surface area contributed by atoms with E-state index in [1.165, 1.54) is 7.11 Å². The molecule has 0 bridgehead atoms. The van der Waals surface area contributed by atoms with Crippen LogP contribution in [0.15, 0.2) is 18.5 Å². The number of aromatic nitrogens is 2. The van der Waals surface area contributed by atoms with E-state index >= 15 is 0 Å². The Kier molecular flexibility index (Phi) is 5.94. The summed E-state index contributed by atoms with van der Waals surface area (Å²) in [7, 11) is 1.38. The third-order valence-corrected chi connectivity index (χ3v) is 5.45. The summed E-state index contributed by atoms with van der Waals surface area (Å²) in [5, 5.41) is 4.24. The predicted octanol–water partition coefficient (Wildman–Crippen LogP) is 2.13. The second kappa shape index (κ2) is 8.36. The molecule has 1 aromatic rings. The first kappa shape index (κ1) is 17.8. The molecule has 1 unspecified atom stereocenters. The van der Waals surface area contributed by atoms with Gasteiger partial charge in [0.1, 0.15) is 6.04 Å². The van der Waals surface area contributed by atoms with E-state index in [4.69, 9.17) is 4.74 Å². The maximum absolute atomic E-state index is 12.9. The number of piperidine rings is 2. The first-order valence-electron chi connectivity index (χ1n) is 9.30. The third kappa shape index (κ3) is 4.32. The second-order valence-electron chi connectivity index (χ2n) is 7.00. The summed E-state index contributed by atoms with van der Waals surface area (Å²) < 4.78 is 6.82. The molecule has 7 nitrogen and oxygen atoms in total. The maximum Gasteiger partial charge on any atom is 0.410 e. The lowest BCUT2D eigenvalue weighted by Gasteiger charge is -2.39. The summed E-state index contributed by atoms with van der Waals surface area (Å²) in [6.07, 6.45) is 9.23. The number of carbonyl (C=O) groups is 2. The van der Waals surface area contributed by atoms with Gasteiger partial charge in [0.25, 0.3) is 0 Å². The van der Waals surface area contributed by atoms with Crippen LogP contribution in [0.25, 0.3) is 0 Å². The zero-order chi connectivity index (χ0) is 17.6. The highest BCUT2D eigenvalue weighted by Crippen LogP contribution is 2.25. The fourth-order valence-electron chi connectivity index (χ4n) is 3.92. The van der Waals surface area contributed by atoms with Crippen molar-refractivity contribution in [3.8, 4) is 0 Å². The minimum absolute atomic E-state index is 0.0932. The molecule has 0 aromatic carbocycles. The first-order valence-corrected chi connectivity index (χ1v) is 9.30. The lowest BCUT2D eigenvalue weighted by Crippen LogP contribution is -2.54. The predicted molar refractivity (Wildman–Crippen MR) is 92.9 cm³/mol. The number of likely N-dealkylation sites (tertiary alicyclic amines) is 2. The number of hydrogen-bond acceptors (Lipinski definition) is 4. The Bertz CT molecular complexity index is 567. The van der Waals surface area contributed by atoms with Crippen molar-refractivity contribution in [1.29, 1.82) is 0 Å². The lowest BCUT2D eigenvalue weighted by atomic mass is 9.92. The number of aryl methyl sites for hydroxylation is 1. The van der Waals surface area contributed by atoms with Gasteiger partial charge in [-0.3, -0.25) is 14.4 Å². The summed E-state index contributed by atoms with van der Waals surface area (Å²) in [5.74, 6) is 0.729. The summed E-state index contributed by atoms with van der Waals surface area (Å²) in [6, 6.07) is 1.60. The fraction of sp³-hybridized carbons (Fsp3) is 0.722. The van der Waals surface area contributed by atoms with Crippen molar-refractivity contribution >= 4 is 12.0 Å². The van der Waals surface area contributed by atoms with Gasteiger partial charge < -0.3 is 9.64 Å². The quantitative estimate of drug-likeness (QED) is 0.836. The number of hydrogen-bond donors (Lipinski definition) is 0. The Balaban J connectivity index is 1.49. The highest BCUT2D eigenvalue weighted by molar-refractivity contribution is 5.86. The van der Waals surface area contributed by atoms with E-state index in [0.717, 1.165) is 58.2 Å². The van der Waals surface area contributed by atoms with Gasteiger partial charge in [0.05, 0.1) is 7.11 Å². The van der Waals surface area contributed by atoms with Crippen LogP contribution in [-0.2, 0) is 16.1 Å². The molecule has 0 N–H and O–H groups in total. The summed E-state index contributed by atoms with van der Waals surface area (Å²) >= 11 is 0. The molecule has 138 valence electrons. The highest BCUT2D eigenvalue weighted by atomic mass is 16.5. The van der Waals surface area contributed by atoms with Crippen molar-refractivity contribution in [3.05, 3.63) is 18.5 Å². The Morgan fingerprint density at radius 2 is 1.96 bits per heavy atom. The molecular weight excluding hydrogens is 320 g/mol. The Morgan fingerprint density at radius 3 is 2.64 bits per heavy atom. The number of nitrogens with zero attached hydrogens (tertiary/aromatic N) is 4. The van der Waals surface area contributed by atoms with E-state index in [1.54, 1.807) is 11.1 Å². The van der Waals surface area contributed by atoms with Gasteiger partial charge in [-0.2, -0.15) is 5.10 Å². The minimum atomic E-state index is -0.382. The van der Waals surface area contributed by atoms with Crippen molar-refractivity contribution in [2.45, 2.75) is 51.1 Å². The standard InChI is InChI=1S/C18H28N4O3/c1-25-18(24)22-11-3-2-5-16(22)17(23)20-12-6-15(7-13-20)8-14-21-10-4-9-19-21/h4,9-10,15-16H,2-3,5-8,11-14H2,1H3. The van der Waals surface area contributed by atoms with Gasteiger partial charge in [0.2, 0.25) is 5.91 Å². The Morgan fingerprint density at radius 1 is 1.16 bits per heavy atom. The molecule has 0 radical (unpaired) electrons. The van der Waals surface area contributed by atoms with Crippen molar-refractivity contribution < 1.29 is 14.3 Å². The number of ether oxygens (including phenoxy) is 1. The molecule has 3 heterocycles. The van der Waals surface area contributed by atoms with Crippen LogP contribution >= 0.6 is 0 Å². The van der Waals surface area contributed by atoms with Gasteiger partial charge in [0, 0.05) is 38.6 Å². The summed E-state index contributed by atoms with van der Waals surface area (Å²) in [4.78, 5) is 28.4. The van der Waals surface area contributed by atoms with Gasteiger partial charge in [-0.25, -0.2) is 4.79 Å². The number of rotatable bonds is 4. The van der Waals surface area contributed by atoms with E-state index in [9.17, 15) is 9.59 Å². The molecule has 2 saturated heterocycles. The summed E-state index contributed by atoms with van der Waals surface area (Å²) in [6.45, 7) is 3.12. The molecule has 2 amide bonds. The van der Waals surface area contributed by atoms with Crippen LogP contribution < -0.4 is 0 Å². The zero-order valence-corrected chi connectivity index (χ0v) is 15.0. The molecule has 1 aromatic heterocycles. The molecule has 0 spiro atoms. The van der Waals surface area contributed by atoms with Gasteiger partial charge >= 0.3 is 6.09 Å². The van der Waals surface area contributed by atoms with Crippen LogP contribution in [0.2, 0.25) is 0 Å². The van der Waals surface area contributed by atoms with Crippen molar-refractivity contribution in [1.82, 2.24) is 19.6 Å². The minimum Gasteiger partial charge on any atom is -0.453 e. The van der Waals surface area contributed by atoms with Gasteiger partial charge in [-0.1, -0.05) is 0 Å². The monoisotopic (exact) mass is 348 g/mol. The van der Waals surface area contributed by atoms with Crippen LogP contribution in [0.3, 0.4) is 0 Å². The van der Waals surface area contributed by atoms with E-state index in [-0.39, 0.29) is 18.0 Å². The molecule has 0 aliphatic carbocycles. The van der Waals surface area contributed by atoms with Gasteiger partial charge in [-0.05, 0) is 50.5 Å². The average Bonchev–Trinajstić information content (AvgIpc) is 3.19. The van der Waals surface area contributed by atoms with Crippen molar-refractivity contribution in [2.24, 2.45) is 5.92 Å². The maximum atomic E-state index is 12.9. The average molecular weight is 348 g/mol. The summed E-state index contributed by atoms with van der Waals surface area (Å²) in [5.41, 5.74) is 0. The normalized spacial score (nSPS) is 22.0. The van der Waals surface area contributed by atoms with Crippen molar-refractivity contribution in [3.63, 3.8) is 0 Å². The van der Waals surface area contributed by atoms with Gasteiger partial charge in [0.15, 0.2) is 0 Å². The number of amides is 2. The molecular formula is C18H28N4O3. The van der Waals surface area contributed by atoms with E-state index < -0.39 is 0 Å². The fourth-order valence-corrected chi connectivity index (χ4v) is 3.92. The molecule has 1 atom stereocenters. The van der Waals surface area contributed by atoms with Crippen molar-refractivity contribution in [2.75, 3.05) is 26.7 Å². The molecule has 2 aliphatic heterocycles. The lowest BCUT2D eigenvalue weighted by molar-refractivity contribution is -0.139. The van der Waals surface area contributed by atoms with Gasteiger partial charge in [-0.15, -0.1) is 0 Å². The molecule has 2 fully saturated rings. The molecule has 0 saturated carbocycles.